The van der Waals surface area contributed by atoms with Gasteiger partial charge in [-0.05, 0) is 56.6 Å². The molecule has 0 aromatic carbocycles. The molecule has 0 unspecified atom stereocenters. The zero-order valence-electron chi connectivity index (χ0n) is 15.0. The first kappa shape index (κ1) is 16.7. The standard InChI is InChI=1S/C19H20N6S/c1-12(2)21-19-18-16(6-8-25(18)14-5-4-7-20-11-14)22-17(23-19)10-15-9-13(3)24-26-15/h4-9,11-12H,10H2,1-3H3,(H,21,22,23). The molecule has 0 saturated carbocycles. The fraction of sp³-hybridized carbons (Fsp3) is 0.263. The molecular formula is C19H20N6S. The Bertz CT molecular complexity index is 1030. The van der Waals surface area contributed by atoms with Gasteiger partial charge in [-0.1, -0.05) is 0 Å². The lowest BCUT2D eigenvalue weighted by molar-refractivity contribution is 0.878. The molecule has 0 aliphatic rings. The summed E-state index contributed by atoms with van der Waals surface area (Å²) in [7, 11) is 0. The summed E-state index contributed by atoms with van der Waals surface area (Å²) in [6, 6.07) is 8.34. The van der Waals surface area contributed by atoms with Gasteiger partial charge in [0.15, 0.2) is 5.82 Å². The van der Waals surface area contributed by atoms with Crippen LogP contribution >= 0.6 is 11.5 Å². The van der Waals surface area contributed by atoms with Crippen LogP contribution in [-0.2, 0) is 6.42 Å². The van der Waals surface area contributed by atoms with Gasteiger partial charge in [-0.3, -0.25) is 4.98 Å². The van der Waals surface area contributed by atoms with E-state index < -0.39 is 0 Å². The Morgan fingerprint density at radius 1 is 1.23 bits per heavy atom. The summed E-state index contributed by atoms with van der Waals surface area (Å²) in [4.78, 5) is 15.0. The van der Waals surface area contributed by atoms with Crippen LogP contribution in [-0.4, -0.2) is 29.9 Å². The SMILES string of the molecule is Cc1cc(Cc2nc(NC(C)C)c3c(ccn3-c3cccnc3)n2)sn1. The third kappa shape index (κ3) is 3.30. The predicted molar refractivity (Wildman–Crippen MR) is 105 cm³/mol. The first-order valence-corrected chi connectivity index (χ1v) is 9.34. The smallest absolute Gasteiger partial charge is 0.154 e. The summed E-state index contributed by atoms with van der Waals surface area (Å²) in [5.41, 5.74) is 3.91. The van der Waals surface area contributed by atoms with Gasteiger partial charge >= 0.3 is 0 Å². The van der Waals surface area contributed by atoms with Gasteiger partial charge in [0.05, 0.1) is 23.1 Å². The van der Waals surface area contributed by atoms with E-state index in [2.05, 4.69) is 39.2 Å². The summed E-state index contributed by atoms with van der Waals surface area (Å²) in [6.07, 6.45) is 6.31. The highest BCUT2D eigenvalue weighted by molar-refractivity contribution is 7.05. The van der Waals surface area contributed by atoms with Crippen LogP contribution in [0.3, 0.4) is 0 Å². The van der Waals surface area contributed by atoms with E-state index in [4.69, 9.17) is 9.97 Å². The molecule has 0 aliphatic carbocycles. The van der Waals surface area contributed by atoms with Crippen LogP contribution in [0.25, 0.3) is 16.7 Å². The Labute approximate surface area is 156 Å². The Hall–Kier alpha value is -2.80. The predicted octanol–water partition coefficient (Wildman–Crippen LogP) is 3.99. The van der Waals surface area contributed by atoms with Crippen molar-refractivity contribution in [3.05, 3.63) is 59.3 Å². The van der Waals surface area contributed by atoms with Crippen LogP contribution in [0.5, 0.6) is 0 Å². The molecule has 7 heteroatoms. The van der Waals surface area contributed by atoms with E-state index in [1.54, 1.807) is 6.20 Å². The van der Waals surface area contributed by atoms with E-state index in [0.717, 1.165) is 34.1 Å². The maximum atomic E-state index is 4.82. The summed E-state index contributed by atoms with van der Waals surface area (Å²) in [5.74, 6) is 1.64. The number of pyridine rings is 1. The first-order valence-electron chi connectivity index (χ1n) is 8.57. The molecule has 6 nitrogen and oxygen atoms in total. The first-order chi connectivity index (χ1) is 12.6. The molecule has 0 spiro atoms. The highest BCUT2D eigenvalue weighted by Crippen LogP contribution is 2.26. The van der Waals surface area contributed by atoms with Gasteiger partial charge in [0.1, 0.15) is 11.3 Å². The average molecular weight is 364 g/mol. The van der Waals surface area contributed by atoms with E-state index in [9.17, 15) is 0 Å². The van der Waals surface area contributed by atoms with Crippen molar-refractivity contribution in [3.63, 3.8) is 0 Å². The number of rotatable bonds is 5. The van der Waals surface area contributed by atoms with Crippen molar-refractivity contribution < 1.29 is 0 Å². The van der Waals surface area contributed by atoms with Crippen LogP contribution in [0.2, 0.25) is 0 Å². The van der Waals surface area contributed by atoms with E-state index in [1.807, 2.05) is 37.5 Å². The van der Waals surface area contributed by atoms with Crippen molar-refractivity contribution >= 4 is 28.4 Å². The summed E-state index contributed by atoms with van der Waals surface area (Å²) in [5, 5.41) is 3.47. The van der Waals surface area contributed by atoms with Crippen molar-refractivity contribution in [1.29, 1.82) is 0 Å². The number of nitrogens with zero attached hydrogens (tertiary/aromatic N) is 5. The number of hydrogen-bond donors (Lipinski definition) is 1. The lowest BCUT2D eigenvalue weighted by atomic mass is 10.3. The van der Waals surface area contributed by atoms with Crippen LogP contribution in [0, 0.1) is 6.92 Å². The molecule has 0 bridgehead atoms. The second kappa shape index (κ2) is 6.84. The van der Waals surface area contributed by atoms with E-state index in [1.165, 1.54) is 16.4 Å². The quantitative estimate of drug-likeness (QED) is 0.580. The summed E-state index contributed by atoms with van der Waals surface area (Å²) >= 11 is 1.51. The Morgan fingerprint density at radius 3 is 2.81 bits per heavy atom. The van der Waals surface area contributed by atoms with Crippen molar-refractivity contribution in [3.8, 4) is 5.69 Å². The number of nitrogens with one attached hydrogen (secondary N) is 1. The number of fused-ring (bicyclic) bond motifs is 1. The van der Waals surface area contributed by atoms with Gasteiger partial charge in [0, 0.05) is 29.7 Å². The molecule has 26 heavy (non-hydrogen) atoms. The summed E-state index contributed by atoms with van der Waals surface area (Å²) in [6.45, 7) is 6.22. The molecular weight excluding hydrogens is 344 g/mol. The zero-order chi connectivity index (χ0) is 18.1. The highest BCUT2D eigenvalue weighted by Gasteiger charge is 2.15. The minimum absolute atomic E-state index is 0.267. The van der Waals surface area contributed by atoms with Crippen LogP contribution in [0.4, 0.5) is 5.82 Å². The molecule has 4 heterocycles. The molecule has 4 aromatic heterocycles. The topological polar surface area (TPSA) is 68.5 Å². The van der Waals surface area contributed by atoms with Crippen molar-refractivity contribution in [1.82, 2.24) is 23.9 Å². The Balaban J connectivity index is 1.82. The van der Waals surface area contributed by atoms with Gasteiger partial charge < -0.3 is 9.88 Å². The molecule has 0 fully saturated rings. The minimum Gasteiger partial charge on any atom is -0.366 e. The monoisotopic (exact) mass is 364 g/mol. The molecule has 0 amide bonds. The third-order valence-corrected chi connectivity index (χ3v) is 4.81. The van der Waals surface area contributed by atoms with E-state index in [-0.39, 0.29) is 6.04 Å². The minimum atomic E-state index is 0.267. The second-order valence-electron chi connectivity index (χ2n) is 6.53. The molecule has 1 N–H and O–H groups in total. The molecule has 4 aromatic rings. The van der Waals surface area contributed by atoms with Crippen molar-refractivity contribution in [2.45, 2.75) is 33.2 Å². The Morgan fingerprint density at radius 2 is 2.12 bits per heavy atom. The number of anilines is 1. The van der Waals surface area contributed by atoms with Gasteiger partial charge in [-0.2, -0.15) is 4.37 Å². The Kier molecular flexibility index (Phi) is 4.38. The fourth-order valence-electron chi connectivity index (χ4n) is 2.91. The number of aromatic nitrogens is 5. The van der Waals surface area contributed by atoms with Gasteiger partial charge in [-0.25, -0.2) is 9.97 Å². The van der Waals surface area contributed by atoms with Gasteiger partial charge in [-0.15, -0.1) is 0 Å². The third-order valence-electron chi connectivity index (χ3n) is 3.94. The maximum absolute atomic E-state index is 4.82. The second-order valence-corrected chi connectivity index (χ2v) is 7.42. The largest absolute Gasteiger partial charge is 0.366 e. The van der Waals surface area contributed by atoms with E-state index >= 15 is 0 Å². The summed E-state index contributed by atoms with van der Waals surface area (Å²) < 4.78 is 6.43. The maximum Gasteiger partial charge on any atom is 0.154 e. The average Bonchev–Trinajstić information content (AvgIpc) is 3.21. The lowest BCUT2D eigenvalue weighted by Crippen LogP contribution is -2.14. The van der Waals surface area contributed by atoms with Crippen molar-refractivity contribution in [2.24, 2.45) is 0 Å². The van der Waals surface area contributed by atoms with Crippen LogP contribution in [0.1, 0.15) is 30.2 Å². The zero-order valence-corrected chi connectivity index (χ0v) is 15.8. The molecule has 0 aliphatic heterocycles. The normalized spacial score (nSPS) is 11.4. The van der Waals surface area contributed by atoms with E-state index in [0.29, 0.717) is 6.42 Å². The molecule has 0 radical (unpaired) electrons. The number of aryl methyl sites for hydroxylation is 1. The fourth-order valence-corrected chi connectivity index (χ4v) is 3.64. The molecule has 4 rings (SSSR count). The molecule has 0 saturated heterocycles. The lowest BCUT2D eigenvalue weighted by Gasteiger charge is -2.14. The molecule has 0 atom stereocenters. The van der Waals surface area contributed by atoms with Gasteiger partial charge in [0.2, 0.25) is 0 Å². The van der Waals surface area contributed by atoms with Gasteiger partial charge in [0.25, 0.3) is 0 Å². The highest BCUT2D eigenvalue weighted by atomic mass is 32.1. The van der Waals surface area contributed by atoms with Crippen LogP contribution in [0.15, 0.2) is 42.9 Å². The molecule has 132 valence electrons. The van der Waals surface area contributed by atoms with Crippen molar-refractivity contribution in [2.75, 3.05) is 5.32 Å². The van der Waals surface area contributed by atoms with Crippen LogP contribution < -0.4 is 5.32 Å². The number of hydrogen-bond acceptors (Lipinski definition) is 6.